The number of aliphatic carboxylic acids is 1. The Morgan fingerprint density at radius 1 is 1.16 bits per heavy atom. The van der Waals surface area contributed by atoms with E-state index in [2.05, 4.69) is 0 Å². The predicted octanol–water partition coefficient (Wildman–Crippen LogP) is 1.86. The molecule has 4 bridgehead atoms. The van der Waals surface area contributed by atoms with Crippen molar-refractivity contribution in [3.05, 3.63) is 0 Å². The van der Waals surface area contributed by atoms with Crippen molar-refractivity contribution in [1.29, 1.82) is 0 Å². The molecule has 4 nitrogen and oxygen atoms in total. The highest BCUT2D eigenvalue weighted by atomic mass is 16.4. The summed E-state index contributed by atoms with van der Waals surface area (Å²) in [4.78, 5) is 17.7. The standard InChI is InChI=1S/C15H22N2O2/c18-13(19)8-17-2-1-16-15(17)14-11-4-9-3-10(6-11)7-12(14)5-9/h9-12,14H,1-8H2,(H,18,19). The van der Waals surface area contributed by atoms with Crippen LogP contribution in [-0.4, -0.2) is 41.4 Å². The number of nitrogens with zero attached hydrogens (tertiary/aromatic N) is 2. The molecule has 0 spiro atoms. The lowest BCUT2D eigenvalue weighted by Crippen LogP contribution is -2.51. The van der Waals surface area contributed by atoms with E-state index in [0.29, 0.717) is 5.92 Å². The molecule has 0 aromatic rings. The van der Waals surface area contributed by atoms with Gasteiger partial charge in [0, 0.05) is 12.5 Å². The molecule has 0 atom stereocenters. The van der Waals surface area contributed by atoms with Crippen LogP contribution in [0.4, 0.5) is 0 Å². The van der Waals surface area contributed by atoms with Gasteiger partial charge in [0.05, 0.1) is 6.54 Å². The Morgan fingerprint density at radius 2 is 1.79 bits per heavy atom. The van der Waals surface area contributed by atoms with Gasteiger partial charge in [-0.25, -0.2) is 0 Å². The quantitative estimate of drug-likeness (QED) is 0.844. The lowest BCUT2D eigenvalue weighted by Gasteiger charge is -2.55. The van der Waals surface area contributed by atoms with Crippen molar-refractivity contribution in [2.45, 2.75) is 32.1 Å². The Balaban J connectivity index is 1.57. The summed E-state index contributed by atoms with van der Waals surface area (Å²) in [5.74, 6) is 4.53. The van der Waals surface area contributed by atoms with Crippen molar-refractivity contribution in [2.75, 3.05) is 19.6 Å². The van der Waals surface area contributed by atoms with Gasteiger partial charge < -0.3 is 10.0 Å². The molecular formula is C15H22N2O2. The van der Waals surface area contributed by atoms with Gasteiger partial charge in [0.2, 0.25) is 0 Å². The summed E-state index contributed by atoms with van der Waals surface area (Å²) in [6.07, 6.45) is 6.95. The number of aliphatic imine (C=N–C) groups is 1. The number of carboxylic acids is 1. The molecule has 5 aliphatic rings. The fraction of sp³-hybridized carbons (Fsp3) is 0.867. The highest BCUT2D eigenvalue weighted by Crippen LogP contribution is 2.57. The number of hydrogen-bond donors (Lipinski definition) is 1. The lowest BCUT2D eigenvalue weighted by atomic mass is 9.51. The normalized spacial score (nSPS) is 43.7. The van der Waals surface area contributed by atoms with Crippen molar-refractivity contribution in [3.8, 4) is 0 Å². The first-order valence-corrected chi connectivity index (χ1v) is 7.72. The lowest BCUT2D eigenvalue weighted by molar-refractivity contribution is -0.137. The van der Waals surface area contributed by atoms with E-state index < -0.39 is 5.97 Å². The van der Waals surface area contributed by atoms with Crippen molar-refractivity contribution >= 4 is 11.8 Å². The van der Waals surface area contributed by atoms with Crippen molar-refractivity contribution < 1.29 is 9.90 Å². The molecule has 0 aromatic heterocycles. The number of rotatable bonds is 3. The maximum absolute atomic E-state index is 11.0. The first kappa shape index (κ1) is 11.7. The predicted molar refractivity (Wildman–Crippen MR) is 72.0 cm³/mol. The molecule has 19 heavy (non-hydrogen) atoms. The average molecular weight is 262 g/mol. The Bertz CT molecular complexity index is 404. The van der Waals surface area contributed by atoms with E-state index >= 15 is 0 Å². The summed E-state index contributed by atoms with van der Waals surface area (Å²) in [6.45, 7) is 1.75. The summed E-state index contributed by atoms with van der Waals surface area (Å²) < 4.78 is 0. The fourth-order valence-electron chi connectivity index (χ4n) is 5.49. The molecule has 4 aliphatic carbocycles. The SMILES string of the molecule is O=C(O)CN1CCN=C1C1C2CC3CC(C2)CC1C3. The Labute approximate surface area is 113 Å². The first-order valence-electron chi connectivity index (χ1n) is 7.72. The zero-order valence-electron chi connectivity index (χ0n) is 11.3. The number of carbonyl (C=O) groups is 1. The van der Waals surface area contributed by atoms with Crippen LogP contribution in [0, 0.1) is 29.6 Å². The second-order valence-corrected chi connectivity index (χ2v) is 7.01. The van der Waals surface area contributed by atoms with Crippen LogP contribution in [0.5, 0.6) is 0 Å². The van der Waals surface area contributed by atoms with Gasteiger partial charge in [0.25, 0.3) is 0 Å². The monoisotopic (exact) mass is 262 g/mol. The third-order valence-corrected chi connectivity index (χ3v) is 5.82. The third kappa shape index (κ3) is 1.87. The van der Waals surface area contributed by atoms with Gasteiger partial charge in [0.15, 0.2) is 0 Å². The minimum absolute atomic E-state index is 0.141. The zero-order chi connectivity index (χ0) is 13.0. The van der Waals surface area contributed by atoms with Gasteiger partial charge in [-0.1, -0.05) is 0 Å². The zero-order valence-corrected chi connectivity index (χ0v) is 11.3. The Morgan fingerprint density at radius 3 is 2.37 bits per heavy atom. The van der Waals surface area contributed by atoms with E-state index in [0.717, 1.165) is 42.6 Å². The van der Waals surface area contributed by atoms with Crippen LogP contribution in [0.2, 0.25) is 0 Å². The summed E-state index contributed by atoms with van der Waals surface area (Å²) in [7, 11) is 0. The van der Waals surface area contributed by atoms with E-state index in [1.54, 1.807) is 0 Å². The largest absolute Gasteiger partial charge is 0.480 e. The molecule has 0 amide bonds. The maximum Gasteiger partial charge on any atom is 0.323 e. The molecule has 4 saturated carbocycles. The molecule has 0 saturated heterocycles. The number of carboxylic acid groups (broad SMARTS) is 1. The van der Waals surface area contributed by atoms with Gasteiger partial charge in [-0.2, -0.15) is 0 Å². The molecule has 4 fully saturated rings. The third-order valence-electron chi connectivity index (χ3n) is 5.82. The first-order chi connectivity index (χ1) is 9.20. The van der Waals surface area contributed by atoms with Gasteiger partial charge in [-0.05, 0) is 55.8 Å². The van der Waals surface area contributed by atoms with Gasteiger partial charge in [-0.15, -0.1) is 0 Å². The van der Waals surface area contributed by atoms with Crippen LogP contribution in [-0.2, 0) is 4.79 Å². The molecule has 5 rings (SSSR count). The molecule has 1 aliphatic heterocycles. The van der Waals surface area contributed by atoms with Gasteiger partial charge in [-0.3, -0.25) is 9.79 Å². The van der Waals surface area contributed by atoms with E-state index in [-0.39, 0.29) is 6.54 Å². The summed E-state index contributed by atoms with van der Waals surface area (Å²) in [5.41, 5.74) is 0. The van der Waals surface area contributed by atoms with Crippen LogP contribution >= 0.6 is 0 Å². The summed E-state index contributed by atoms with van der Waals surface area (Å²) in [6, 6.07) is 0. The second-order valence-electron chi connectivity index (χ2n) is 7.01. The van der Waals surface area contributed by atoms with Crippen LogP contribution in [0.15, 0.2) is 4.99 Å². The van der Waals surface area contributed by atoms with E-state index in [1.807, 2.05) is 4.90 Å². The molecule has 1 heterocycles. The minimum atomic E-state index is -0.724. The average Bonchev–Trinajstić information content (AvgIpc) is 2.75. The molecule has 0 radical (unpaired) electrons. The van der Waals surface area contributed by atoms with Crippen molar-refractivity contribution in [2.24, 2.45) is 34.6 Å². The minimum Gasteiger partial charge on any atom is -0.480 e. The molecule has 1 N–H and O–H groups in total. The highest BCUT2D eigenvalue weighted by Gasteiger charge is 2.51. The van der Waals surface area contributed by atoms with Gasteiger partial charge >= 0.3 is 5.97 Å². The Hall–Kier alpha value is -1.06. The maximum atomic E-state index is 11.0. The van der Waals surface area contributed by atoms with Crippen molar-refractivity contribution in [3.63, 3.8) is 0 Å². The fourth-order valence-corrected chi connectivity index (χ4v) is 5.49. The van der Waals surface area contributed by atoms with E-state index in [9.17, 15) is 4.79 Å². The number of amidine groups is 1. The topological polar surface area (TPSA) is 52.9 Å². The molecule has 0 aromatic carbocycles. The van der Waals surface area contributed by atoms with Crippen LogP contribution in [0.25, 0.3) is 0 Å². The summed E-state index contributed by atoms with van der Waals surface area (Å²) in [5, 5.41) is 9.05. The van der Waals surface area contributed by atoms with Gasteiger partial charge in [0.1, 0.15) is 12.4 Å². The summed E-state index contributed by atoms with van der Waals surface area (Å²) >= 11 is 0. The smallest absolute Gasteiger partial charge is 0.323 e. The molecule has 104 valence electrons. The van der Waals surface area contributed by atoms with Crippen molar-refractivity contribution in [1.82, 2.24) is 4.90 Å². The van der Waals surface area contributed by atoms with E-state index in [4.69, 9.17) is 10.1 Å². The molecule has 0 unspecified atom stereocenters. The Kier molecular flexibility index (Phi) is 2.61. The molecule has 4 heteroatoms. The van der Waals surface area contributed by atoms with Crippen LogP contribution in [0.1, 0.15) is 32.1 Å². The van der Waals surface area contributed by atoms with E-state index in [1.165, 1.54) is 32.1 Å². The van der Waals surface area contributed by atoms with Crippen LogP contribution in [0.3, 0.4) is 0 Å². The molecular weight excluding hydrogens is 240 g/mol. The van der Waals surface area contributed by atoms with Crippen LogP contribution < -0.4 is 0 Å². The highest BCUT2D eigenvalue weighted by molar-refractivity contribution is 5.89. The second kappa shape index (κ2) is 4.22. The number of hydrogen-bond acceptors (Lipinski definition) is 3.